The maximum absolute atomic E-state index is 8.61. The van der Waals surface area contributed by atoms with Crippen LogP contribution >= 0.6 is 11.3 Å². The maximum Gasteiger partial charge on any atom is 0.0966 e. The van der Waals surface area contributed by atoms with E-state index in [2.05, 4.69) is 0 Å². The Kier molecular flexibility index (Phi) is 2.51. The maximum atomic E-state index is 8.61. The minimum absolute atomic E-state index is 0.584. The van der Waals surface area contributed by atoms with Crippen molar-refractivity contribution in [3.8, 4) is 6.07 Å². The molecule has 0 unspecified atom stereocenters. The predicted octanol–water partition coefficient (Wildman–Crippen LogP) is 2.27. The van der Waals surface area contributed by atoms with E-state index in [1.165, 1.54) is 0 Å². The van der Waals surface area contributed by atoms with Crippen LogP contribution in [0.5, 0.6) is 0 Å². The summed E-state index contributed by atoms with van der Waals surface area (Å²) in [7, 11) is 0. The molecule has 0 aliphatic carbocycles. The Morgan fingerprint density at radius 1 is 1.67 bits per heavy atom. The van der Waals surface area contributed by atoms with Crippen LogP contribution in [-0.2, 0) is 0 Å². The number of hydrogen-bond acceptors (Lipinski definition) is 3. The van der Waals surface area contributed by atoms with E-state index in [1.54, 1.807) is 18.3 Å². The zero-order valence-electron chi connectivity index (χ0n) is 7.09. The molecule has 2 nitrogen and oxygen atoms in total. The molecule has 0 spiro atoms. The summed E-state index contributed by atoms with van der Waals surface area (Å²) in [5.74, 6) is 0. The second-order valence-electron chi connectivity index (χ2n) is 2.58. The minimum Gasteiger partial charge on any atom is -0.397 e. The summed E-state index contributed by atoms with van der Waals surface area (Å²) >= 11 is 1.57. The van der Waals surface area contributed by atoms with Gasteiger partial charge in [-0.05, 0) is 30.9 Å². The Balaban J connectivity index is 3.18. The molecule has 0 bridgehead atoms. The Bertz CT molecular complexity index is 355. The third kappa shape index (κ3) is 1.49. The van der Waals surface area contributed by atoms with Gasteiger partial charge in [0, 0.05) is 0 Å². The van der Waals surface area contributed by atoms with Crippen molar-refractivity contribution < 1.29 is 0 Å². The highest BCUT2D eigenvalue weighted by atomic mass is 32.1. The second kappa shape index (κ2) is 3.42. The molecule has 2 N–H and O–H groups in total. The molecule has 0 aromatic carbocycles. The molecule has 0 aliphatic rings. The molecular weight excluding hydrogens is 168 g/mol. The first kappa shape index (κ1) is 8.82. The number of hydrogen-bond donors (Lipinski definition) is 1. The van der Waals surface area contributed by atoms with E-state index in [0.717, 1.165) is 10.4 Å². The minimum atomic E-state index is 0.584. The summed E-state index contributed by atoms with van der Waals surface area (Å²) < 4.78 is 0. The van der Waals surface area contributed by atoms with Gasteiger partial charge < -0.3 is 5.73 Å². The van der Waals surface area contributed by atoms with Crippen molar-refractivity contribution in [1.29, 1.82) is 5.26 Å². The van der Waals surface area contributed by atoms with Gasteiger partial charge in [-0.1, -0.05) is 0 Å². The van der Waals surface area contributed by atoms with E-state index >= 15 is 0 Å². The highest BCUT2D eigenvalue weighted by molar-refractivity contribution is 7.11. The summed E-state index contributed by atoms with van der Waals surface area (Å²) in [6, 6.07) is 4.04. The first-order chi connectivity index (χ1) is 5.66. The van der Waals surface area contributed by atoms with Gasteiger partial charge in [0.1, 0.15) is 0 Å². The molecular formula is C9H10N2S. The van der Waals surface area contributed by atoms with E-state index in [9.17, 15) is 0 Å². The summed E-state index contributed by atoms with van der Waals surface area (Å²) in [6.45, 7) is 3.72. The van der Waals surface area contributed by atoms with Gasteiger partial charge in [-0.15, -0.1) is 11.3 Å². The molecule has 1 aromatic heterocycles. The number of allylic oxidation sites excluding steroid dienone is 1. The molecule has 3 heteroatoms. The lowest BCUT2D eigenvalue weighted by Crippen LogP contribution is -1.97. The van der Waals surface area contributed by atoms with Crippen molar-refractivity contribution in [1.82, 2.24) is 0 Å². The Morgan fingerprint density at radius 2 is 2.33 bits per heavy atom. The van der Waals surface area contributed by atoms with Crippen LogP contribution in [-0.4, -0.2) is 0 Å². The van der Waals surface area contributed by atoms with Gasteiger partial charge in [0.15, 0.2) is 0 Å². The summed E-state index contributed by atoms with van der Waals surface area (Å²) in [5, 5.41) is 10.6. The first-order valence-corrected chi connectivity index (χ1v) is 4.45. The third-order valence-electron chi connectivity index (χ3n) is 1.68. The molecule has 12 heavy (non-hydrogen) atoms. The molecule has 0 radical (unpaired) electrons. The largest absolute Gasteiger partial charge is 0.397 e. The van der Waals surface area contributed by atoms with E-state index in [-0.39, 0.29) is 0 Å². The van der Waals surface area contributed by atoms with Crippen LogP contribution in [0.25, 0.3) is 5.70 Å². The van der Waals surface area contributed by atoms with Crippen LogP contribution in [0.1, 0.15) is 17.4 Å². The van der Waals surface area contributed by atoms with Crippen LogP contribution in [0, 0.1) is 18.3 Å². The zero-order valence-corrected chi connectivity index (χ0v) is 7.90. The van der Waals surface area contributed by atoms with Crippen molar-refractivity contribution in [2.45, 2.75) is 13.8 Å². The molecule has 0 atom stereocenters. The molecule has 0 saturated carbocycles. The van der Waals surface area contributed by atoms with Gasteiger partial charge in [-0.2, -0.15) is 5.26 Å². The van der Waals surface area contributed by atoms with E-state index in [1.807, 2.05) is 24.4 Å². The summed E-state index contributed by atoms with van der Waals surface area (Å²) in [4.78, 5) is 1.01. The highest BCUT2D eigenvalue weighted by Gasteiger charge is 2.05. The summed E-state index contributed by atoms with van der Waals surface area (Å²) in [6.07, 6.45) is 0. The third-order valence-corrected chi connectivity index (χ3v) is 2.73. The van der Waals surface area contributed by atoms with Crippen molar-refractivity contribution >= 4 is 17.0 Å². The first-order valence-electron chi connectivity index (χ1n) is 3.57. The van der Waals surface area contributed by atoms with E-state index < -0.39 is 0 Å². The topological polar surface area (TPSA) is 49.8 Å². The quantitative estimate of drug-likeness (QED) is 0.670. The molecule has 0 fully saturated rings. The molecule has 0 saturated heterocycles. The molecule has 62 valence electrons. The van der Waals surface area contributed by atoms with Gasteiger partial charge >= 0.3 is 0 Å². The SMILES string of the molecule is C/C(C#N)=C(/N)c1sccc1C. The average molecular weight is 178 g/mol. The smallest absolute Gasteiger partial charge is 0.0966 e. The van der Waals surface area contributed by atoms with E-state index in [4.69, 9.17) is 11.0 Å². The zero-order chi connectivity index (χ0) is 9.14. The fraction of sp³-hybridized carbons (Fsp3) is 0.222. The number of nitrogens with two attached hydrogens (primary N) is 1. The average Bonchev–Trinajstić information content (AvgIpc) is 2.48. The summed E-state index contributed by atoms with van der Waals surface area (Å²) in [5.41, 5.74) is 8.08. The lowest BCUT2D eigenvalue weighted by Gasteiger charge is -1.99. The standard InChI is InChI=1S/C9H10N2S/c1-6-3-4-12-9(6)8(11)7(2)5-10/h3-4H,11H2,1-2H3/b8-7-. The Labute approximate surface area is 75.9 Å². The molecule has 1 heterocycles. The number of nitrogens with zero attached hydrogens (tertiary/aromatic N) is 1. The van der Waals surface area contributed by atoms with Crippen molar-refractivity contribution in [3.63, 3.8) is 0 Å². The Morgan fingerprint density at radius 3 is 2.75 bits per heavy atom. The van der Waals surface area contributed by atoms with Gasteiger partial charge in [-0.3, -0.25) is 0 Å². The normalized spacial score (nSPS) is 12.1. The lowest BCUT2D eigenvalue weighted by molar-refractivity contribution is 1.39. The van der Waals surface area contributed by atoms with Crippen molar-refractivity contribution in [2.75, 3.05) is 0 Å². The van der Waals surface area contributed by atoms with Crippen LogP contribution < -0.4 is 5.73 Å². The Hall–Kier alpha value is -1.27. The van der Waals surface area contributed by atoms with Crippen molar-refractivity contribution in [3.05, 3.63) is 27.5 Å². The highest BCUT2D eigenvalue weighted by Crippen LogP contribution is 2.23. The van der Waals surface area contributed by atoms with Gasteiger partial charge in [0.05, 0.1) is 22.2 Å². The number of rotatable bonds is 1. The van der Waals surface area contributed by atoms with Crippen LogP contribution in [0.4, 0.5) is 0 Å². The lowest BCUT2D eigenvalue weighted by atomic mass is 10.2. The number of nitriles is 1. The van der Waals surface area contributed by atoms with Gasteiger partial charge in [0.2, 0.25) is 0 Å². The molecule has 0 aliphatic heterocycles. The number of thiophene rings is 1. The van der Waals surface area contributed by atoms with Gasteiger partial charge in [0.25, 0.3) is 0 Å². The predicted molar refractivity (Wildman–Crippen MR) is 51.5 cm³/mol. The van der Waals surface area contributed by atoms with Crippen LogP contribution in [0.15, 0.2) is 17.0 Å². The fourth-order valence-corrected chi connectivity index (χ4v) is 1.82. The van der Waals surface area contributed by atoms with Crippen LogP contribution in [0.2, 0.25) is 0 Å². The van der Waals surface area contributed by atoms with E-state index in [0.29, 0.717) is 11.3 Å². The van der Waals surface area contributed by atoms with Crippen molar-refractivity contribution in [2.24, 2.45) is 5.73 Å². The number of aryl methyl sites for hydroxylation is 1. The molecule has 1 aromatic rings. The monoisotopic (exact) mass is 178 g/mol. The van der Waals surface area contributed by atoms with Crippen LogP contribution in [0.3, 0.4) is 0 Å². The molecule has 1 rings (SSSR count). The molecule has 0 amide bonds. The second-order valence-corrected chi connectivity index (χ2v) is 3.50. The fourth-order valence-electron chi connectivity index (χ4n) is 0.879. The van der Waals surface area contributed by atoms with Gasteiger partial charge in [-0.25, -0.2) is 0 Å².